The average molecular weight is 142 g/mol. The predicted molar refractivity (Wildman–Crippen MR) is 33.2 cm³/mol. The summed E-state index contributed by atoms with van der Waals surface area (Å²) in [6.07, 6.45) is -0.354. The molecular weight excluding hydrogens is 132 g/mol. The van der Waals surface area contributed by atoms with Gasteiger partial charge in [-0.3, -0.25) is 4.90 Å². The maximum atomic E-state index is 9.19. The van der Waals surface area contributed by atoms with E-state index in [0.717, 1.165) is 13.1 Å². The van der Waals surface area contributed by atoms with Crippen LogP contribution in [0.2, 0.25) is 0 Å². The monoisotopic (exact) mass is 142 g/mol. The second-order valence-corrected chi connectivity index (χ2v) is 3.20. The van der Waals surface area contributed by atoms with Gasteiger partial charge in [0.25, 0.3) is 0 Å². The zero-order chi connectivity index (χ0) is 6.72. The van der Waals surface area contributed by atoms with Gasteiger partial charge in [0, 0.05) is 13.1 Å². The largest absolute Gasteiger partial charge is 0.366 e. The van der Waals surface area contributed by atoms with Crippen LogP contribution in [0.5, 0.6) is 0 Å². The van der Waals surface area contributed by atoms with Crippen molar-refractivity contribution >= 4 is 0 Å². The number of aliphatic hydroxyl groups is 1. The van der Waals surface area contributed by atoms with Crippen molar-refractivity contribution in [2.24, 2.45) is 0 Å². The van der Waals surface area contributed by atoms with Gasteiger partial charge >= 0.3 is 0 Å². The average Bonchev–Trinajstić information content (AvgIpc) is 2.81. The highest BCUT2D eigenvalue weighted by Crippen LogP contribution is 2.36. The van der Waals surface area contributed by atoms with Crippen LogP contribution in [0, 0.1) is 0 Å². The van der Waals surface area contributed by atoms with Crippen molar-refractivity contribution < 1.29 is 9.84 Å². The Hall–Kier alpha value is -0.160. The Balaban J connectivity index is 1.76. The molecule has 3 aliphatic heterocycles. The smallest absolute Gasteiger partial charge is 0.173 e. The quantitative estimate of drug-likeness (QED) is 0.429. The Morgan fingerprint density at radius 1 is 1.60 bits per heavy atom. The maximum absolute atomic E-state index is 9.19. The molecule has 0 radical (unpaired) electrons. The Labute approximate surface area is 58.8 Å². The molecule has 0 spiro atoms. The third kappa shape index (κ3) is 0.594. The van der Waals surface area contributed by atoms with Crippen molar-refractivity contribution in [2.75, 3.05) is 13.1 Å². The predicted octanol–water partition coefficient (Wildman–Crippen LogP) is -1.68. The van der Waals surface area contributed by atoms with Gasteiger partial charge in [-0.2, -0.15) is 0 Å². The summed E-state index contributed by atoms with van der Waals surface area (Å²) in [6, 6.07) is 0.801. The zero-order valence-electron chi connectivity index (χ0n) is 5.53. The van der Waals surface area contributed by atoms with Crippen molar-refractivity contribution in [2.45, 2.75) is 24.6 Å². The molecule has 5 atom stereocenters. The van der Waals surface area contributed by atoms with Crippen molar-refractivity contribution in [3.05, 3.63) is 0 Å². The van der Waals surface area contributed by atoms with Crippen LogP contribution in [0.3, 0.4) is 0 Å². The summed E-state index contributed by atoms with van der Waals surface area (Å²) >= 11 is 0. The van der Waals surface area contributed by atoms with E-state index >= 15 is 0 Å². The summed E-state index contributed by atoms with van der Waals surface area (Å²) in [5, 5.41) is 12.4. The fourth-order valence-electron chi connectivity index (χ4n) is 1.62. The lowest BCUT2D eigenvalue weighted by atomic mass is 10.4. The Bertz CT molecular complexity index is 171. The lowest BCUT2D eigenvalue weighted by molar-refractivity contribution is -0.111. The Morgan fingerprint density at radius 2 is 2.40 bits per heavy atom. The van der Waals surface area contributed by atoms with Crippen LogP contribution in [0.25, 0.3) is 0 Å². The van der Waals surface area contributed by atoms with E-state index in [1.165, 1.54) is 0 Å². The highest BCUT2D eigenvalue weighted by atomic mass is 16.6. The Kier molecular flexibility index (Phi) is 0.840. The second-order valence-electron chi connectivity index (χ2n) is 3.20. The third-order valence-corrected chi connectivity index (χ3v) is 2.41. The van der Waals surface area contributed by atoms with Gasteiger partial charge in [0.2, 0.25) is 0 Å². The van der Waals surface area contributed by atoms with Crippen LogP contribution in [0.1, 0.15) is 0 Å². The van der Waals surface area contributed by atoms with Crippen molar-refractivity contribution in [1.82, 2.24) is 10.2 Å². The van der Waals surface area contributed by atoms with Gasteiger partial charge in [0.05, 0.1) is 12.1 Å². The van der Waals surface area contributed by atoms with E-state index in [1.807, 2.05) is 0 Å². The highest BCUT2D eigenvalue weighted by molar-refractivity contribution is 5.06. The molecule has 3 heterocycles. The lowest BCUT2D eigenvalue weighted by Crippen LogP contribution is -2.27. The van der Waals surface area contributed by atoms with Crippen molar-refractivity contribution in [3.63, 3.8) is 0 Å². The van der Waals surface area contributed by atoms with E-state index in [-0.39, 0.29) is 6.23 Å². The molecule has 0 amide bonds. The van der Waals surface area contributed by atoms with E-state index in [4.69, 9.17) is 4.74 Å². The molecule has 56 valence electrons. The summed E-state index contributed by atoms with van der Waals surface area (Å²) in [7, 11) is 0. The number of nitrogens with one attached hydrogen (secondary N) is 1. The number of rotatable bonds is 1. The minimum absolute atomic E-state index is 0.167. The van der Waals surface area contributed by atoms with Crippen LogP contribution in [-0.2, 0) is 4.74 Å². The summed E-state index contributed by atoms with van der Waals surface area (Å²) in [4.78, 5) is 2.19. The molecule has 2 N–H and O–H groups in total. The third-order valence-electron chi connectivity index (χ3n) is 2.41. The number of nitrogens with zero attached hydrogens (tertiary/aromatic N) is 1. The summed E-state index contributed by atoms with van der Waals surface area (Å²) < 4.78 is 5.27. The van der Waals surface area contributed by atoms with E-state index in [0.29, 0.717) is 12.1 Å². The second kappa shape index (κ2) is 1.53. The molecule has 3 rings (SSSR count). The lowest BCUT2D eigenvalue weighted by Gasteiger charge is -2.11. The van der Waals surface area contributed by atoms with Gasteiger partial charge in [-0.25, -0.2) is 0 Å². The normalized spacial score (nSPS) is 63.9. The molecule has 3 aliphatic rings. The van der Waals surface area contributed by atoms with Crippen LogP contribution < -0.4 is 5.32 Å². The summed E-state index contributed by atoms with van der Waals surface area (Å²) in [6.45, 7) is 2.06. The van der Waals surface area contributed by atoms with Gasteiger partial charge in [-0.15, -0.1) is 0 Å². The van der Waals surface area contributed by atoms with Crippen molar-refractivity contribution in [1.29, 1.82) is 0 Å². The molecule has 4 heteroatoms. The fraction of sp³-hybridized carbons (Fsp3) is 1.00. The fourth-order valence-corrected chi connectivity index (χ4v) is 1.62. The Morgan fingerprint density at radius 3 is 2.80 bits per heavy atom. The van der Waals surface area contributed by atoms with Gasteiger partial charge in [0.15, 0.2) is 6.29 Å². The molecule has 0 aliphatic carbocycles. The standard InChI is InChI=1S/C6H10N2O2/c9-6-4-2-8(4)5(10-6)3-1-7-3/h3-7,9H,1-2H2. The number of hydrogen-bond acceptors (Lipinski definition) is 4. The summed E-state index contributed by atoms with van der Waals surface area (Å²) in [5.41, 5.74) is 0. The van der Waals surface area contributed by atoms with E-state index in [9.17, 15) is 5.11 Å². The van der Waals surface area contributed by atoms with E-state index in [1.54, 1.807) is 0 Å². The molecule has 0 bridgehead atoms. The first-order valence-corrected chi connectivity index (χ1v) is 3.69. The molecule has 0 aromatic heterocycles. The molecule has 5 unspecified atom stereocenters. The van der Waals surface area contributed by atoms with Crippen LogP contribution in [-0.4, -0.2) is 47.7 Å². The maximum Gasteiger partial charge on any atom is 0.173 e. The molecular formula is C6H10N2O2. The molecule has 3 fully saturated rings. The summed E-state index contributed by atoms with van der Waals surface area (Å²) in [5.74, 6) is 0. The zero-order valence-corrected chi connectivity index (χ0v) is 5.53. The van der Waals surface area contributed by atoms with Gasteiger partial charge in [-0.1, -0.05) is 0 Å². The van der Waals surface area contributed by atoms with Crippen LogP contribution in [0.15, 0.2) is 0 Å². The van der Waals surface area contributed by atoms with Gasteiger partial charge < -0.3 is 15.2 Å². The SMILES string of the molecule is OC1OC(C2CN2)N2CC12. The molecule has 0 saturated carbocycles. The number of hydrogen-bond donors (Lipinski definition) is 2. The first-order chi connectivity index (χ1) is 4.86. The molecule has 0 aromatic carbocycles. The van der Waals surface area contributed by atoms with Crippen molar-refractivity contribution in [3.8, 4) is 0 Å². The number of fused-ring (bicyclic) bond motifs is 1. The minimum Gasteiger partial charge on any atom is -0.366 e. The van der Waals surface area contributed by atoms with Crippen LogP contribution in [0.4, 0.5) is 0 Å². The van der Waals surface area contributed by atoms with E-state index < -0.39 is 6.29 Å². The minimum atomic E-state index is -0.521. The van der Waals surface area contributed by atoms with Gasteiger partial charge in [0.1, 0.15) is 6.23 Å². The molecule has 10 heavy (non-hydrogen) atoms. The first-order valence-electron chi connectivity index (χ1n) is 3.69. The number of aliphatic hydroxyl groups excluding tert-OH is 1. The highest BCUT2D eigenvalue weighted by Gasteiger charge is 2.57. The van der Waals surface area contributed by atoms with Gasteiger partial charge in [-0.05, 0) is 0 Å². The molecule has 3 saturated heterocycles. The molecule has 0 aromatic rings. The first kappa shape index (κ1) is 5.49. The molecule has 4 nitrogen and oxygen atoms in total. The van der Waals surface area contributed by atoms with E-state index in [2.05, 4.69) is 10.2 Å². The van der Waals surface area contributed by atoms with Crippen LogP contribution >= 0.6 is 0 Å². The number of ether oxygens (including phenoxy) is 1. The topological polar surface area (TPSA) is 54.4 Å².